The summed E-state index contributed by atoms with van der Waals surface area (Å²) in [4.78, 5) is 17.4. The molecule has 1 saturated heterocycles. The maximum Gasteiger partial charge on any atom is 0.259 e. The Morgan fingerprint density at radius 1 is 1.12 bits per heavy atom. The molecular formula is C21H27N3O2. The van der Waals surface area contributed by atoms with Crippen LogP contribution in [0.2, 0.25) is 0 Å². The SMILES string of the molecule is CCOc1ccccc1C(=O)Nc1ccc(N2CCN(C)CC2)cc1C. The second-order valence-corrected chi connectivity index (χ2v) is 6.67. The van der Waals surface area contributed by atoms with Crippen molar-refractivity contribution in [2.75, 3.05) is 50.1 Å². The van der Waals surface area contributed by atoms with Crippen LogP contribution in [0, 0.1) is 6.92 Å². The van der Waals surface area contributed by atoms with E-state index in [2.05, 4.69) is 34.3 Å². The zero-order chi connectivity index (χ0) is 18.5. The number of amides is 1. The third-order valence-corrected chi connectivity index (χ3v) is 4.76. The van der Waals surface area contributed by atoms with Gasteiger partial charge in [0.25, 0.3) is 5.91 Å². The molecule has 26 heavy (non-hydrogen) atoms. The molecule has 3 rings (SSSR count). The Labute approximate surface area is 155 Å². The van der Waals surface area contributed by atoms with E-state index in [0.717, 1.165) is 37.4 Å². The smallest absolute Gasteiger partial charge is 0.259 e. The summed E-state index contributed by atoms with van der Waals surface area (Å²) in [5.74, 6) is 0.462. The lowest BCUT2D eigenvalue weighted by Gasteiger charge is -2.34. The number of aryl methyl sites for hydroxylation is 1. The van der Waals surface area contributed by atoms with Gasteiger partial charge in [-0.3, -0.25) is 4.79 Å². The number of piperazine rings is 1. The quantitative estimate of drug-likeness (QED) is 0.895. The van der Waals surface area contributed by atoms with Crippen molar-refractivity contribution < 1.29 is 9.53 Å². The highest BCUT2D eigenvalue weighted by molar-refractivity contribution is 6.06. The molecule has 0 aliphatic carbocycles. The van der Waals surface area contributed by atoms with Gasteiger partial charge >= 0.3 is 0 Å². The summed E-state index contributed by atoms with van der Waals surface area (Å²) in [6.07, 6.45) is 0. The second kappa shape index (κ2) is 8.23. The van der Waals surface area contributed by atoms with Gasteiger partial charge in [-0.15, -0.1) is 0 Å². The van der Waals surface area contributed by atoms with E-state index in [0.29, 0.717) is 17.9 Å². The third-order valence-electron chi connectivity index (χ3n) is 4.76. The molecule has 1 aliphatic rings. The Kier molecular flexibility index (Phi) is 5.78. The molecule has 1 heterocycles. The monoisotopic (exact) mass is 353 g/mol. The van der Waals surface area contributed by atoms with Gasteiger partial charge in [-0.25, -0.2) is 0 Å². The zero-order valence-electron chi connectivity index (χ0n) is 15.8. The Morgan fingerprint density at radius 2 is 1.85 bits per heavy atom. The molecule has 1 amide bonds. The minimum Gasteiger partial charge on any atom is -0.493 e. The fourth-order valence-corrected chi connectivity index (χ4v) is 3.17. The number of carbonyl (C=O) groups is 1. The number of rotatable bonds is 5. The van der Waals surface area contributed by atoms with E-state index in [1.807, 2.05) is 38.1 Å². The Hall–Kier alpha value is -2.53. The number of carbonyl (C=O) groups excluding carboxylic acids is 1. The fraction of sp³-hybridized carbons (Fsp3) is 0.381. The summed E-state index contributed by atoms with van der Waals surface area (Å²) >= 11 is 0. The molecule has 138 valence electrons. The summed E-state index contributed by atoms with van der Waals surface area (Å²) in [5, 5.41) is 3.02. The maximum atomic E-state index is 12.7. The minimum absolute atomic E-state index is 0.149. The van der Waals surface area contributed by atoms with Crippen LogP contribution in [0.5, 0.6) is 5.75 Å². The predicted molar refractivity (Wildman–Crippen MR) is 106 cm³/mol. The van der Waals surface area contributed by atoms with Crippen molar-refractivity contribution in [1.82, 2.24) is 4.90 Å². The average molecular weight is 353 g/mol. The highest BCUT2D eigenvalue weighted by atomic mass is 16.5. The van der Waals surface area contributed by atoms with E-state index in [1.54, 1.807) is 6.07 Å². The first kappa shape index (κ1) is 18.3. The molecule has 0 bridgehead atoms. The van der Waals surface area contributed by atoms with Crippen molar-refractivity contribution in [3.05, 3.63) is 53.6 Å². The molecule has 1 N–H and O–H groups in total. The molecule has 0 atom stereocenters. The van der Waals surface area contributed by atoms with Crippen LogP contribution in [0.3, 0.4) is 0 Å². The zero-order valence-corrected chi connectivity index (χ0v) is 15.8. The van der Waals surface area contributed by atoms with Crippen LogP contribution in [0.25, 0.3) is 0 Å². The van der Waals surface area contributed by atoms with Crippen LogP contribution in [0.1, 0.15) is 22.8 Å². The molecule has 2 aromatic carbocycles. The van der Waals surface area contributed by atoms with Crippen molar-refractivity contribution >= 4 is 17.3 Å². The van der Waals surface area contributed by atoms with E-state index in [-0.39, 0.29) is 5.91 Å². The normalized spacial score (nSPS) is 15.0. The first-order valence-electron chi connectivity index (χ1n) is 9.16. The second-order valence-electron chi connectivity index (χ2n) is 6.67. The van der Waals surface area contributed by atoms with Gasteiger partial charge in [0, 0.05) is 37.6 Å². The molecule has 0 unspecified atom stereocenters. The lowest BCUT2D eigenvalue weighted by molar-refractivity contribution is 0.102. The number of para-hydroxylation sites is 1. The highest BCUT2D eigenvalue weighted by Gasteiger charge is 2.16. The lowest BCUT2D eigenvalue weighted by Crippen LogP contribution is -2.44. The molecule has 1 aliphatic heterocycles. The molecule has 0 saturated carbocycles. The van der Waals surface area contributed by atoms with Gasteiger partial charge in [0.1, 0.15) is 5.75 Å². The van der Waals surface area contributed by atoms with Gasteiger partial charge in [-0.05, 0) is 56.8 Å². The number of benzene rings is 2. The summed E-state index contributed by atoms with van der Waals surface area (Å²) in [5.41, 5.74) is 3.66. The van der Waals surface area contributed by atoms with Crippen molar-refractivity contribution in [2.45, 2.75) is 13.8 Å². The number of anilines is 2. The molecule has 5 nitrogen and oxygen atoms in total. The molecule has 0 radical (unpaired) electrons. The number of ether oxygens (including phenoxy) is 1. The van der Waals surface area contributed by atoms with E-state index >= 15 is 0 Å². The first-order valence-corrected chi connectivity index (χ1v) is 9.16. The lowest BCUT2D eigenvalue weighted by atomic mass is 10.1. The molecule has 0 aromatic heterocycles. The number of nitrogens with zero attached hydrogens (tertiary/aromatic N) is 2. The van der Waals surface area contributed by atoms with E-state index in [1.165, 1.54) is 5.69 Å². The highest BCUT2D eigenvalue weighted by Crippen LogP contribution is 2.25. The van der Waals surface area contributed by atoms with Crippen molar-refractivity contribution in [1.29, 1.82) is 0 Å². The Bertz CT molecular complexity index is 768. The number of hydrogen-bond acceptors (Lipinski definition) is 4. The molecule has 5 heteroatoms. The Balaban J connectivity index is 1.73. The van der Waals surface area contributed by atoms with Gasteiger partial charge in [-0.2, -0.15) is 0 Å². The topological polar surface area (TPSA) is 44.8 Å². The van der Waals surface area contributed by atoms with Crippen LogP contribution in [-0.2, 0) is 0 Å². The molecule has 1 fully saturated rings. The third kappa shape index (κ3) is 4.17. The van der Waals surface area contributed by atoms with Crippen LogP contribution < -0.4 is 15.0 Å². The Morgan fingerprint density at radius 3 is 2.54 bits per heavy atom. The summed E-state index contributed by atoms with van der Waals surface area (Å²) < 4.78 is 5.56. The summed E-state index contributed by atoms with van der Waals surface area (Å²) in [6.45, 7) is 8.69. The summed E-state index contributed by atoms with van der Waals surface area (Å²) in [7, 11) is 2.15. The molecule has 2 aromatic rings. The first-order chi connectivity index (χ1) is 12.6. The maximum absolute atomic E-state index is 12.7. The van der Waals surface area contributed by atoms with Crippen molar-refractivity contribution in [3.63, 3.8) is 0 Å². The van der Waals surface area contributed by atoms with Crippen LogP contribution in [-0.4, -0.2) is 50.6 Å². The fourth-order valence-electron chi connectivity index (χ4n) is 3.17. The van der Waals surface area contributed by atoms with Gasteiger partial charge in [0.05, 0.1) is 12.2 Å². The van der Waals surface area contributed by atoms with Gasteiger partial charge in [0.2, 0.25) is 0 Å². The van der Waals surface area contributed by atoms with E-state index < -0.39 is 0 Å². The molecule has 0 spiro atoms. The average Bonchev–Trinajstić information content (AvgIpc) is 2.65. The van der Waals surface area contributed by atoms with E-state index in [4.69, 9.17) is 4.74 Å². The predicted octanol–water partition coefficient (Wildman–Crippen LogP) is 3.40. The van der Waals surface area contributed by atoms with Gasteiger partial charge in [0.15, 0.2) is 0 Å². The van der Waals surface area contributed by atoms with Gasteiger partial charge in [-0.1, -0.05) is 12.1 Å². The van der Waals surface area contributed by atoms with Crippen molar-refractivity contribution in [3.8, 4) is 5.75 Å². The molecular weight excluding hydrogens is 326 g/mol. The number of likely N-dealkylation sites (N-methyl/N-ethyl adjacent to an activating group) is 1. The minimum atomic E-state index is -0.149. The van der Waals surface area contributed by atoms with Gasteiger partial charge < -0.3 is 19.9 Å². The van der Waals surface area contributed by atoms with Crippen LogP contribution >= 0.6 is 0 Å². The summed E-state index contributed by atoms with van der Waals surface area (Å²) in [6, 6.07) is 13.6. The van der Waals surface area contributed by atoms with Crippen molar-refractivity contribution in [2.24, 2.45) is 0 Å². The van der Waals surface area contributed by atoms with Crippen LogP contribution in [0.15, 0.2) is 42.5 Å². The standard InChI is InChI=1S/C21H27N3O2/c1-4-26-20-8-6-5-7-18(20)21(25)22-19-10-9-17(15-16(19)2)24-13-11-23(3)12-14-24/h5-10,15H,4,11-14H2,1-3H3,(H,22,25). The van der Waals surface area contributed by atoms with E-state index in [9.17, 15) is 4.79 Å². The largest absolute Gasteiger partial charge is 0.493 e. The van der Waals surface area contributed by atoms with Crippen LogP contribution in [0.4, 0.5) is 11.4 Å². The number of nitrogens with one attached hydrogen (secondary N) is 1. The number of hydrogen-bond donors (Lipinski definition) is 1.